The number of halogens is 2. The van der Waals surface area contributed by atoms with E-state index in [-0.39, 0.29) is 46.4 Å². The Hall–Kier alpha value is -1.22. The molecule has 186 valence electrons. The van der Waals surface area contributed by atoms with E-state index in [2.05, 4.69) is 26.1 Å². The summed E-state index contributed by atoms with van der Waals surface area (Å²) in [5.74, 6) is 0.871. The summed E-state index contributed by atoms with van der Waals surface area (Å²) in [6.45, 7) is 0.808. The Morgan fingerprint density at radius 3 is 2.30 bits per heavy atom. The zero-order valence-electron chi connectivity index (χ0n) is 19.4. The van der Waals surface area contributed by atoms with Gasteiger partial charge in [0.1, 0.15) is 6.17 Å². The molecule has 6 N–H and O–H groups in total. The van der Waals surface area contributed by atoms with Crippen molar-refractivity contribution in [1.82, 2.24) is 10.2 Å². The van der Waals surface area contributed by atoms with Crippen LogP contribution < -0.4 is 16.8 Å². The van der Waals surface area contributed by atoms with Gasteiger partial charge in [0.05, 0.1) is 17.9 Å². The van der Waals surface area contributed by atoms with Crippen LogP contribution in [0.3, 0.4) is 0 Å². The Morgan fingerprint density at radius 2 is 1.67 bits per heavy atom. The first-order chi connectivity index (χ1) is 15.7. The quantitative estimate of drug-likeness (QED) is 0.240. The van der Waals surface area contributed by atoms with E-state index in [0.717, 1.165) is 64.3 Å². The number of fused-ring (bicyclic) bond motifs is 1. The molecule has 0 spiro atoms. The first kappa shape index (κ1) is 24.9. The predicted octanol–water partition coefficient (Wildman–Crippen LogP) is 2.84. The number of nitrogens with zero attached hydrogens (tertiary/aromatic N) is 1. The fourth-order valence-corrected chi connectivity index (χ4v) is 7.40. The van der Waals surface area contributed by atoms with E-state index < -0.39 is 12.2 Å². The number of likely N-dealkylation sites (tertiary alicyclic amines) is 1. The maximum absolute atomic E-state index is 14.6. The Kier molecular flexibility index (Phi) is 7.98. The van der Waals surface area contributed by atoms with Gasteiger partial charge in [-0.3, -0.25) is 19.9 Å². The van der Waals surface area contributed by atoms with Crippen LogP contribution in [-0.2, 0) is 9.59 Å². The average molecular weight is 529 g/mol. The largest absolute Gasteiger partial charge is 0.387 e. The second-order valence-corrected chi connectivity index (χ2v) is 12.2. The summed E-state index contributed by atoms with van der Waals surface area (Å²) in [7, 11) is 0. The van der Waals surface area contributed by atoms with Crippen LogP contribution in [-0.4, -0.2) is 58.2 Å². The predicted molar refractivity (Wildman–Crippen MR) is 130 cm³/mol. The number of rotatable bonds is 6. The smallest absolute Gasteiger partial charge is 0.237 e. The molecular formula is C24H39BrFN5O2. The van der Waals surface area contributed by atoms with Crippen LogP contribution in [0.15, 0.2) is 0 Å². The lowest BCUT2D eigenvalue weighted by Gasteiger charge is -2.40. The summed E-state index contributed by atoms with van der Waals surface area (Å²) in [5, 5.41) is 11.0. The number of hydrogen-bond donors (Lipinski definition) is 4. The van der Waals surface area contributed by atoms with E-state index in [1.807, 2.05) is 0 Å². The molecule has 3 aliphatic carbocycles. The maximum Gasteiger partial charge on any atom is 0.237 e. The second kappa shape index (κ2) is 10.6. The van der Waals surface area contributed by atoms with Crippen molar-refractivity contribution in [1.29, 1.82) is 5.41 Å². The fourth-order valence-electron chi connectivity index (χ4n) is 6.78. The molecule has 0 radical (unpaired) electrons. The number of amidine groups is 1. The Morgan fingerprint density at radius 1 is 0.970 bits per heavy atom. The minimum atomic E-state index is -1.02. The van der Waals surface area contributed by atoms with Crippen LogP contribution in [0.2, 0.25) is 0 Å². The SMILES string of the molecule is N=C(N)C1CCC2CC(C(=O)NC3CCC(Br)CC3F)N(CC3CCC(C(N)=O)CC3)C2C1. The molecule has 33 heavy (non-hydrogen) atoms. The summed E-state index contributed by atoms with van der Waals surface area (Å²) in [6, 6.07) is -0.433. The van der Waals surface area contributed by atoms with Gasteiger partial charge in [0.2, 0.25) is 11.8 Å². The highest BCUT2D eigenvalue weighted by atomic mass is 79.9. The lowest BCUT2D eigenvalue weighted by molar-refractivity contribution is -0.127. The van der Waals surface area contributed by atoms with Gasteiger partial charge < -0.3 is 16.8 Å². The van der Waals surface area contributed by atoms with Gasteiger partial charge in [0, 0.05) is 29.2 Å². The van der Waals surface area contributed by atoms with E-state index >= 15 is 0 Å². The fraction of sp³-hybridized carbons (Fsp3) is 0.875. The number of hydrogen-bond acceptors (Lipinski definition) is 4. The molecule has 1 heterocycles. The molecule has 4 aliphatic rings. The number of nitrogens with two attached hydrogens (primary N) is 2. The van der Waals surface area contributed by atoms with Crippen molar-refractivity contribution in [2.45, 2.75) is 99.8 Å². The Labute approximate surface area is 204 Å². The van der Waals surface area contributed by atoms with Crippen LogP contribution in [0.25, 0.3) is 0 Å². The minimum Gasteiger partial charge on any atom is -0.387 e. The molecular weight excluding hydrogens is 489 g/mol. The number of amides is 2. The number of nitrogens with one attached hydrogen (secondary N) is 2. The first-order valence-corrected chi connectivity index (χ1v) is 13.6. The summed E-state index contributed by atoms with van der Waals surface area (Å²) < 4.78 is 14.6. The van der Waals surface area contributed by atoms with Crippen molar-refractivity contribution in [2.75, 3.05) is 6.54 Å². The van der Waals surface area contributed by atoms with Gasteiger partial charge in [-0.25, -0.2) is 4.39 Å². The van der Waals surface area contributed by atoms with Gasteiger partial charge in [0.15, 0.2) is 0 Å². The van der Waals surface area contributed by atoms with Gasteiger partial charge in [-0.05, 0) is 82.5 Å². The number of carbonyl (C=O) groups is 2. The van der Waals surface area contributed by atoms with Gasteiger partial charge in [-0.15, -0.1) is 0 Å². The van der Waals surface area contributed by atoms with E-state index in [4.69, 9.17) is 16.9 Å². The molecule has 0 aromatic rings. The molecule has 3 saturated carbocycles. The van der Waals surface area contributed by atoms with Crippen molar-refractivity contribution < 1.29 is 14.0 Å². The lowest BCUT2D eigenvalue weighted by Crippen LogP contribution is -2.54. The van der Waals surface area contributed by atoms with Gasteiger partial charge in [-0.2, -0.15) is 0 Å². The molecule has 4 fully saturated rings. The minimum absolute atomic E-state index is 0.0329. The summed E-state index contributed by atoms with van der Waals surface area (Å²) in [5.41, 5.74) is 11.4. The van der Waals surface area contributed by atoms with Crippen LogP contribution >= 0.6 is 15.9 Å². The first-order valence-electron chi connectivity index (χ1n) is 12.7. The maximum atomic E-state index is 14.6. The monoisotopic (exact) mass is 527 g/mol. The number of primary amides is 1. The van der Waals surface area contributed by atoms with Gasteiger partial charge in [0.25, 0.3) is 0 Å². The summed E-state index contributed by atoms with van der Waals surface area (Å²) >= 11 is 3.51. The van der Waals surface area contributed by atoms with Crippen molar-refractivity contribution in [3.63, 3.8) is 0 Å². The average Bonchev–Trinajstić information content (AvgIpc) is 3.13. The molecule has 0 bridgehead atoms. The molecule has 7 nitrogen and oxygen atoms in total. The third-order valence-corrected chi connectivity index (χ3v) is 9.64. The Balaban J connectivity index is 1.45. The van der Waals surface area contributed by atoms with E-state index in [0.29, 0.717) is 24.7 Å². The van der Waals surface area contributed by atoms with Crippen LogP contribution in [0, 0.1) is 29.1 Å². The zero-order valence-corrected chi connectivity index (χ0v) is 20.9. The van der Waals surface area contributed by atoms with Crippen LogP contribution in [0.1, 0.15) is 70.6 Å². The van der Waals surface area contributed by atoms with E-state index in [1.54, 1.807) is 0 Å². The summed E-state index contributed by atoms with van der Waals surface area (Å²) in [6.07, 6.45) is 7.95. The second-order valence-electron chi connectivity index (χ2n) is 10.9. The lowest BCUT2D eigenvalue weighted by atomic mass is 9.77. The molecule has 0 aromatic carbocycles. The van der Waals surface area contributed by atoms with E-state index in [1.165, 1.54) is 0 Å². The van der Waals surface area contributed by atoms with Crippen LogP contribution in [0.5, 0.6) is 0 Å². The number of alkyl halides is 2. The molecule has 7 unspecified atom stereocenters. The highest BCUT2D eigenvalue weighted by Crippen LogP contribution is 2.43. The molecule has 1 aliphatic heterocycles. The standard InChI is InChI=1S/C24H39BrFN5O2/c25-17-7-8-19(18(26)11-17)30-24(33)21-9-15-5-6-16(22(27)28)10-20(15)31(21)12-13-1-3-14(4-2-13)23(29)32/h13-21H,1-12H2,(H3,27,28)(H2,29,32)(H,30,33). The summed E-state index contributed by atoms with van der Waals surface area (Å²) in [4.78, 5) is 27.5. The molecule has 1 saturated heterocycles. The van der Waals surface area contributed by atoms with Crippen molar-refractivity contribution in [2.24, 2.45) is 35.1 Å². The topological polar surface area (TPSA) is 125 Å². The highest BCUT2D eigenvalue weighted by molar-refractivity contribution is 9.09. The van der Waals surface area contributed by atoms with Crippen molar-refractivity contribution in [3.8, 4) is 0 Å². The third kappa shape index (κ3) is 5.72. The van der Waals surface area contributed by atoms with Gasteiger partial charge >= 0.3 is 0 Å². The molecule has 4 rings (SSSR count). The van der Waals surface area contributed by atoms with Crippen molar-refractivity contribution >= 4 is 33.6 Å². The zero-order chi connectivity index (χ0) is 23.7. The Bertz CT molecular complexity index is 746. The van der Waals surface area contributed by atoms with Crippen LogP contribution in [0.4, 0.5) is 4.39 Å². The highest BCUT2D eigenvalue weighted by Gasteiger charge is 2.48. The molecule has 9 heteroatoms. The molecule has 2 amide bonds. The number of carbonyl (C=O) groups excluding carboxylic acids is 2. The van der Waals surface area contributed by atoms with Gasteiger partial charge in [-0.1, -0.05) is 15.9 Å². The third-order valence-electron chi connectivity index (χ3n) is 8.81. The van der Waals surface area contributed by atoms with Crippen molar-refractivity contribution in [3.05, 3.63) is 0 Å². The molecule has 0 aromatic heterocycles. The normalized spacial score (nSPS) is 41.8. The molecule has 7 atom stereocenters. The van der Waals surface area contributed by atoms with E-state index in [9.17, 15) is 14.0 Å².